The molecule has 33 heavy (non-hydrogen) atoms. The smallest absolute Gasteiger partial charge is 0.338 e. The van der Waals surface area contributed by atoms with Crippen LogP contribution in [-0.2, 0) is 9.47 Å². The maximum atomic E-state index is 13.1. The first-order valence-electron chi connectivity index (χ1n) is 11.5. The summed E-state index contributed by atoms with van der Waals surface area (Å²) >= 11 is 0. The number of carbonyl (C=O) groups is 2. The SMILES string of the molecule is Cc1ccc(C(=O)O[C@@H]2C3CC(c4ccccc43)[C@@H]2OC(=O)c2ccc(C)c(C)c2)cc1C. The van der Waals surface area contributed by atoms with Crippen molar-refractivity contribution in [1.82, 2.24) is 0 Å². The molecule has 3 aromatic rings. The van der Waals surface area contributed by atoms with Gasteiger partial charge in [0.2, 0.25) is 0 Å². The summed E-state index contributed by atoms with van der Waals surface area (Å²) in [4.78, 5) is 26.1. The molecule has 4 atom stereocenters. The Morgan fingerprint density at radius 3 is 1.45 bits per heavy atom. The Labute approximate surface area is 194 Å². The first kappa shape index (κ1) is 21.4. The summed E-state index contributed by atoms with van der Waals surface area (Å²) in [5, 5.41) is 0. The number of carbonyl (C=O) groups excluding carboxylic acids is 2. The normalized spacial score (nSPS) is 22.7. The van der Waals surface area contributed by atoms with E-state index in [1.165, 1.54) is 11.1 Å². The summed E-state index contributed by atoms with van der Waals surface area (Å²) in [6, 6.07) is 19.4. The molecular weight excluding hydrogens is 412 g/mol. The van der Waals surface area contributed by atoms with Crippen LogP contribution in [0.4, 0.5) is 0 Å². The minimum atomic E-state index is -0.505. The van der Waals surface area contributed by atoms with Gasteiger partial charge in [-0.3, -0.25) is 0 Å². The van der Waals surface area contributed by atoms with Gasteiger partial charge in [-0.05, 0) is 91.8 Å². The van der Waals surface area contributed by atoms with Crippen molar-refractivity contribution >= 4 is 11.9 Å². The Balaban J connectivity index is 1.44. The van der Waals surface area contributed by atoms with Crippen molar-refractivity contribution in [2.45, 2.75) is 58.2 Å². The molecule has 1 saturated carbocycles. The standard InChI is InChI=1S/C29H28O4/c1-16-9-11-20(13-18(16)3)28(30)32-26-24-15-25(23-8-6-5-7-22(23)24)27(26)33-29(31)21-12-10-17(2)19(4)14-21/h5-14,24-27H,15H2,1-4H3/t24?,25?,26-,27+. The summed E-state index contributed by atoms with van der Waals surface area (Å²) in [5.74, 6) is -0.695. The minimum absolute atomic E-state index is 0.0271. The lowest BCUT2D eigenvalue weighted by Crippen LogP contribution is -2.39. The predicted molar refractivity (Wildman–Crippen MR) is 127 cm³/mol. The average Bonchev–Trinajstić information content (AvgIpc) is 3.34. The fourth-order valence-electron chi connectivity index (χ4n) is 5.21. The van der Waals surface area contributed by atoms with Gasteiger partial charge in [-0.1, -0.05) is 36.4 Å². The van der Waals surface area contributed by atoms with Crippen molar-refractivity contribution < 1.29 is 19.1 Å². The lowest BCUT2D eigenvalue weighted by molar-refractivity contribution is -0.0348. The molecule has 0 aromatic heterocycles. The van der Waals surface area contributed by atoms with E-state index in [1.807, 2.05) is 64.1 Å². The van der Waals surface area contributed by atoms with Gasteiger partial charge in [0.15, 0.2) is 0 Å². The molecule has 4 nitrogen and oxygen atoms in total. The van der Waals surface area contributed by atoms with Gasteiger partial charge in [-0.15, -0.1) is 0 Å². The summed E-state index contributed by atoms with van der Waals surface area (Å²) in [5.41, 5.74) is 7.77. The van der Waals surface area contributed by atoms with E-state index in [4.69, 9.17) is 9.47 Å². The predicted octanol–water partition coefficient (Wildman–Crippen LogP) is 5.96. The van der Waals surface area contributed by atoms with E-state index in [2.05, 4.69) is 12.1 Å². The second-order valence-corrected chi connectivity index (χ2v) is 9.42. The van der Waals surface area contributed by atoms with Crippen LogP contribution in [0.15, 0.2) is 60.7 Å². The summed E-state index contributed by atoms with van der Waals surface area (Å²) in [7, 11) is 0. The molecule has 5 rings (SSSR count). The largest absolute Gasteiger partial charge is 0.454 e. The molecule has 4 heteroatoms. The molecule has 0 saturated heterocycles. The average molecular weight is 441 g/mol. The van der Waals surface area contributed by atoms with Gasteiger partial charge in [0, 0.05) is 11.8 Å². The van der Waals surface area contributed by atoms with E-state index >= 15 is 0 Å². The summed E-state index contributed by atoms with van der Waals surface area (Å²) < 4.78 is 12.1. The number of rotatable bonds is 4. The Morgan fingerprint density at radius 1 is 0.636 bits per heavy atom. The van der Waals surface area contributed by atoms with Gasteiger partial charge in [0.25, 0.3) is 0 Å². The molecule has 0 N–H and O–H groups in total. The number of aryl methyl sites for hydroxylation is 4. The van der Waals surface area contributed by atoms with Crippen molar-refractivity contribution in [3.63, 3.8) is 0 Å². The minimum Gasteiger partial charge on any atom is -0.454 e. The second-order valence-electron chi connectivity index (χ2n) is 9.42. The Hall–Kier alpha value is -3.40. The van der Waals surface area contributed by atoms with Crippen molar-refractivity contribution in [1.29, 1.82) is 0 Å². The number of hydrogen-bond acceptors (Lipinski definition) is 4. The monoisotopic (exact) mass is 440 g/mol. The highest BCUT2D eigenvalue weighted by molar-refractivity contribution is 5.91. The molecule has 3 aromatic carbocycles. The van der Waals surface area contributed by atoms with Crippen LogP contribution in [0.2, 0.25) is 0 Å². The van der Waals surface area contributed by atoms with E-state index < -0.39 is 12.2 Å². The van der Waals surface area contributed by atoms with Crippen LogP contribution in [0.5, 0.6) is 0 Å². The number of fused-ring (bicyclic) bond motifs is 5. The second kappa shape index (κ2) is 8.18. The molecular formula is C29H28O4. The van der Waals surface area contributed by atoms with Crippen LogP contribution in [0, 0.1) is 27.7 Å². The molecule has 0 spiro atoms. The molecule has 0 radical (unpaired) electrons. The molecule has 0 aliphatic heterocycles. The van der Waals surface area contributed by atoms with E-state index in [9.17, 15) is 9.59 Å². The van der Waals surface area contributed by atoms with Crippen molar-refractivity contribution in [3.05, 3.63) is 105 Å². The summed E-state index contributed by atoms with van der Waals surface area (Å²) in [6.07, 6.45) is -0.196. The fraction of sp³-hybridized carbons (Fsp3) is 0.310. The first-order valence-corrected chi connectivity index (χ1v) is 11.5. The quantitative estimate of drug-likeness (QED) is 0.470. The van der Waals surface area contributed by atoms with Gasteiger partial charge in [-0.2, -0.15) is 0 Å². The van der Waals surface area contributed by atoms with Crippen LogP contribution in [-0.4, -0.2) is 24.1 Å². The Morgan fingerprint density at radius 2 is 1.06 bits per heavy atom. The fourth-order valence-corrected chi connectivity index (χ4v) is 5.21. The van der Waals surface area contributed by atoms with Crippen molar-refractivity contribution in [2.75, 3.05) is 0 Å². The highest BCUT2D eigenvalue weighted by Gasteiger charge is 2.55. The van der Waals surface area contributed by atoms with Crippen LogP contribution < -0.4 is 0 Å². The van der Waals surface area contributed by atoms with Crippen LogP contribution >= 0.6 is 0 Å². The zero-order valence-electron chi connectivity index (χ0n) is 19.4. The van der Waals surface area contributed by atoms with Crippen LogP contribution in [0.1, 0.15) is 72.4 Å². The summed E-state index contributed by atoms with van der Waals surface area (Å²) in [6.45, 7) is 7.99. The topological polar surface area (TPSA) is 52.6 Å². The van der Waals surface area contributed by atoms with E-state index in [0.29, 0.717) is 11.1 Å². The molecule has 2 aliphatic carbocycles. The molecule has 2 bridgehead atoms. The van der Waals surface area contributed by atoms with E-state index in [1.54, 1.807) is 12.1 Å². The van der Waals surface area contributed by atoms with Gasteiger partial charge in [0.1, 0.15) is 12.2 Å². The van der Waals surface area contributed by atoms with Crippen LogP contribution in [0.3, 0.4) is 0 Å². The van der Waals surface area contributed by atoms with Gasteiger partial charge >= 0.3 is 11.9 Å². The third-order valence-electron chi connectivity index (χ3n) is 7.39. The van der Waals surface area contributed by atoms with Crippen molar-refractivity contribution in [2.24, 2.45) is 0 Å². The number of esters is 2. The maximum Gasteiger partial charge on any atom is 0.338 e. The number of ether oxygens (including phenoxy) is 2. The lowest BCUT2D eigenvalue weighted by Gasteiger charge is -2.32. The number of benzene rings is 3. The molecule has 1 fully saturated rings. The lowest BCUT2D eigenvalue weighted by atomic mass is 9.87. The molecule has 0 amide bonds. The molecule has 2 aliphatic rings. The Kier molecular flexibility index (Phi) is 5.32. The zero-order chi connectivity index (χ0) is 23.3. The Bertz CT molecular complexity index is 1160. The van der Waals surface area contributed by atoms with Crippen molar-refractivity contribution in [3.8, 4) is 0 Å². The van der Waals surface area contributed by atoms with Gasteiger partial charge < -0.3 is 9.47 Å². The molecule has 168 valence electrons. The first-order chi connectivity index (χ1) is 15.8. The van der Waals surface area contributed by atoms with Crippen LogP contribution in [0.25, 0.3) is 0 Å². The maximum absolute atomic E-state index is 13.1. The molecule has 0 heterocycles. The highest BCUT2D eigenvalue weighted by Crippen LogP contribution is 2.55. The third kappa shape index (κ3) is 3.74. The van der Waals surface area contributed by atoms with E-state index in [-0.39, 0.29) is 23.8 Å². The van der Waals surface area contributed by atoms with Gasteiger partial charge in [0.05, 0.1) is 11.1 Å². The molecule has 2 unspecified atom stereocenters. The number of hydrogen-bond donors (Lipinski definition) is 0. The van der Waals surface area contributed by atoms with Gasteiger partial charge in [-0.25, -0.2) is 9.59 Å². The zero-order valence-corrected chi connectivity index (χ0v) is 19.4. The van der Waals surface area contributed by atoms with E-state index in [0.717, 1.165) is 28.7 Å². The highest BCUT2D eigenvalue weighted by atomic mass is 16.6. The third-order valence-corrected chi connectivity index (χ3v) is 7.39.